The molecule has 2 aromatic carbocycles. The van der Waals surface area contributed by atoms with Crippen molar-refractivity contribution in [3.05, 3.63) is 65.2 Å². The summed E-state index contributed by atoms with van der Waals surface area (Å²) in [5, 5.41) is 13.3. The SMILES string of the molecule is CC(=O)Nc1ccc(OCC(O)Cn2cnc3ccccc3c2=O)cc1. The van der Waals surface area contributed by atoms with Gasteiger partial charge in [0.1, 0.15) is 18.5 Å². The number of ether oxygens (including phenoxy) is 1. The first-order chi connectivity index (χ1) is 12.5. The number of rotatable bonds is 6. The number of nitrogens with zero attached hydrogens (tertiary/aromatic N) is 2. The van der Waals surface area contributed by atoms with Gasteiger partial charge in [-0.05, 0) is 36.4 Å². The van der Waals surface area contributed by atoms with Crippen molar-refractivity contribution in [2.45, 2.75) is 19.6 Å². The Morgan fingerprint density at radius 1 is 1.23 bits per heavy atom. The highest BCUT2D eigenvalue weighted by Gasteiger charge is 2.10. The topological polar surface area (TPSA) is 93.4 Å². The van der Waals surface area contributed by atoms with E-state index >= 15 is 0 Å². The first-order valence-electron chi connectivity index (χ1n) is 8.15. The molecule has 0 fully saturated rings. The van der Waals surface area contributed by atoms with Crippen LogP contribution < -0.4 is 15.6 Å². The number of carbonyl (C=O) groups excluding carboxylic acids is 1. The van der Waals surface area contributed by atoms with Crippen LogP contribution in [-0.4, -0.2) is 33.3 Å². The number of aliphatic hydroxyl groups excluding tert-OH is 1. The molecule has 1 heterocycles. The van der Waals surface area contributed by atoms with Gasteiger partial charge in [-0.15, -0.1) is 0 Å². The molecular formula is C19H19N3O4. The molecule has 1 aromatic heterocycles. The minimum absolute atomic E-state index is 0.0265. The summed E-state index contributed by atoms with van der Waals surface area (Å²) in [5.41, 5.74) is 1.09. The molecule has 134 valence electrons. The number of nitrogens with one attached hydrogen (secondary N) is 1. The molecule has 0 spiro atoms. The average Bonchev–Trinajstić information content (AvgIpc) is 2.63. The van der Waals surface area contributed by atoms with Gasteiger partial charge in [-0.25, -0.2) is 4.98 Å². The molecule has 1 atom stereocenters. The highest BCUT2D eigenvalue weighted by Crippen LogP contribution is 2.16. The third-order valence-electron chi connectivity index (χ3n) is 3.76. The number of para-hydroxylation sites is 1. The maximum atomic E-state index is 12.4. The summed E-state index contributed by atoms with van der Waals surface area (Å²) in [5.74, 6) is 0.408. The summed E-state index contributed by atoms with van der Waals surface area (Å²) in [6.45, 7) is 1.55. The van der Waals surface area contributed by atoms with Gasteiger partial charge in [0.15, 0.2) is 0 Å². The fourth-order valence-corrected chi connectivity index (χ4v) is 2.55. The fraction of sp³-hybridized carbons (Fsp3) is 0.211. The van der Waals surface area contributed by atoms with E-state index in [4.69, 9.17) is 4.74 Å². The summed E-state index contributed by atoms with van der Waals surface area (Å²) >= 11 is 0. The molecule has 3 aromatic rings. The third kappa shape index (κ3) is 4.25. The van der Waals surface area contributed by atoms with Crippen LogP contribution in [-0.2, 0) is 11.3 Å². The molecule has 0 aliphatic heterocycles. The number of benzene rings is 2. The lowest BCUT2D eigenvalue weighted by molar-refractivity contribution is -0.114. The second-order valence-electron chi connectivity index (χ2n) is 5.89. The van der Waals surface area contributed by atoms with Crippen LogP contribution in [0.5, 0.6) is 5.75 Å². The van der Waals surface area contributed by atoms with Crippen LogP contribution in [0.1, 0.15) is 6.92 Å². The van der Waals surface area contributed by atoms with Gasteiger partial charge in [0.2, 0.25) is 5.91 Å². The van der Waals surface area contributed by atoms with Gasteiger partial charge < -0.3 is 15.2 Å². The Kier molecular flexibility index (Phi) is 5.28. The molecule has 0 saturated carbocycles. The first-order valence-corrected chi connectivity index (χ1v) is 8.15. The zero-order valence-corrected chi connectivity index (χ0v) is 14.3. The van der Waals surface area contributed by atoms with E-state index in [2.05, 4.69) is 10.3 Å². The Bertz CT molecular complexity index is 966. The van der Waals surface area contributed by atoms with Crippen LogP contribution in [0.25, 0.3) is 10.9 Å². The first kappa shape index (κ1) is 17.6. The predicted molar refractivity (Wildman–Crippen MR) is 98.3 cm³/mol. The van der Waals surface area contributed by atoms with Crippen molar-refractivity contribution in [3.8, 4) is 5.75 Å². The van der Waals surface area contributed by atoms with Crippen LogP contribution in [0.4, 0.5) is 5.69 Å². The summed E-state index contributed by atoms with van der Waals surface area (Å²) in [7, 11) is 0. The van der Waals surface area contributed by atoms with E-state index in [1.165, 1.54) is 17.8 Å². The van der Waals surface area contributed by atoms with Gasteiger partial charge in [0.05, 0.1) is 23.8 Å². The lowest BCUT2D eigenvalue weighted by Gasteiger charge is -2.14. The van der Waals surface area contributed by atoms with E-state index in [-0.39, 0.29) is 24.6 Å². The molecule has 0 aliphatic carbocycles. The predicted octanol–water partition coefficient (Wildman–Crippen LogP) is 1.79. The number of aliphatic hydroxyl groups is 1. The van der Waals surface area contributed by atoms with Crippen LogP contribution in [0.2, 0.25) is 0 Å². The molecule has 0 radical (unpaired) electrons. The van der Waals surface area contributed by atoms with E-state index in [9.17, 15) is 14.7 Å². The Morgan fingerprint density at radius 2 is 1.96 bits per heavy atom. The van der Waals surface area contributed by atoms with Crippen molar-refractivity contribution in [2.75, 3.05) is 11.9 Å². The van der Waals surface area contributed by atoms with Gasteiger partial charge in [-0.1, -0.05) is 12.1 Å². The molecule has 2 N–H and O–H groups in total. The van der Waals surface area contributed by atoms with Crippen LogP contribution in [0.15, 0.2) is 59.7 Å². The molecule has 7 nitrogen and oxygen atoms in total. The maximum absolute atomic E-state index is 12.4. The smallest absolute Gasteiger partial charge is 0.261 e. The van der Waals surface area contributed by atoms with E-state index in [1.807, 2.05) is 6.07 Å². The largest absolute Gasteiger partial charge is 0.491 e. The van der Waals surface area contributed by atoms with Gasteiger partial charge in [0, 0.05) is 12.6 Å². The van der Waals surface area contributed by atoms with Crippen molar-refractivity contribution in [2.24, 2.45) is 0 Å². The fourth-order valence-electron chi connectivity index (χ4n) is 2.55. The van der Waals surface area contributed by atoms with Gasteiger partial charge in [0.25, 0.3) is 5.56 Å². The minimum Gasteiger partial charge on any atom is -0.491 e. The maximum Gasteiger partial charge on any atom is 0.261 e. The van der Waals surface area contributed by atoms with Gasteiger partial charge in [-0.3, -0.25) is 14.2 Å². The molecule has 1 amide bonds. The second-order valence-corrected chi connectivity index (χ2v) is 5.89. The Hall–Kier alpha value is -3.19. The quantitative estimate of drug-likeness (QED) is 0.705. The highest BCUT2D eigenvalue weighted by atomic mass is 16.5. The second kappa shape index (κ2) is 7.79. The third-order valence-corrected chi connectivity index (χ3v) is 3.76. The Balaban J connectivity index is 1.61. The van der Waals surface area contributed by atoms with Crippen molar-refractivity contribution in [1.29, 1.82) is 0 Å². The highest BCUT2D eigenvalue weighted by molar-refractivity contribution is 5.88. The molecular weight excluding hydrogens is 334 g/mol. The number of amides is 1. The zero-order chi connectivity index (χ0) is 18.5. The molecule has 0 aliphatic rings. The molecule has 26 heavy (non-hydrogen) atoms. The molecule has 3 rings (SSSR count). The van der Waals surface area contributed by atoms with Gasteiger partial charge in [-0.2, -0.15) is 0 Å². The molecule has 0 bridgehead atoms. The molecule has 1 unspecified atom stereocenters. The summed E-state index contributed by atoms with van der Waals surface area (Å²) in [6, 6.07) is 13.9. The Labute approximate surface area is 149 Å². The monoisotopic (exact) mass is 353 g/mol. The number of hydrogen-bond donors (Lipinski definition) is 2. The van der Waals surface area contributed by atoms with Crippen molar-refractivity contribution in [3.63, 3.8) is 0 Å². The van der Waals surface area contributed by atoms with Gasteiger partial charge >= 0.3 is 0 Å². The average molecular weight is 353 g/mol. The van der Waals surface area contributed by atoms with E-state index in [0.29, 0.717) is 22.3 Å². The van der Waals surface area contributed by atoms with Crippen LogP contribution in [0, 0.1) is 0 Å². The summed E-state index contributed by atoms with van der Waals surface area (Å²) < 4.78 is 6.90. The lowest BCUT2D eigenvalue weighted by atomic mass is 10.2. The number of fused-ring (bicyclic) bond motifs is 1. The van der Waals surface area contributed by atoms with E-state index in [0.717, 1.165) is 0 Å². The molecule has 7 heteroatoms. The zero-order valence-electron chi connectivity index (χ0n) is 14.3. The van der Waals surface area contributed by atoms with Crippen LogP contribution in [0.3, 0.4) is 0 Å². The standard InChI is InChI=1S/C19H19N3O4/c1-13(23)21-14-6-8-16(9-7-14)26-11-15(24)10-22-12-20-18-5-3-2-4-17(18)19(22)25/h2-9,12,15,24H,10-11H2,1H3,(H,21,23). The van der Waals surface area contributed by atoms with Crippen molar-refractivity contribution >= 4 is 22.5 Å². The lowest BCUT2D eigenvalue weighted by Crippen LogP contribution is -2.30. The summed E-state index contributed by atoms with van der Waals surface area (Å²) in [4.78, 5) is 27.6. The minimum atomic E-state index is -0.870. The normalized spacial score (nSPS) is 11.9. The molecule has 0 saturated heterocycles. The number of hydrogen-bond acceptors (Lipinski definition) is 5. The van der Waals surface area contributed by atoms with E-state index < -0.39 is 6.10 Å². The van der Waals surface area contributed by atoms with Crippen LogP contribution >= 0.6 is 0 Å². The van der Waals surface area contributed by atoms with Crippen molar-refractivity contribution in [1.82, 2.24) is 9.55 Å². The van der Waals surface area contributed by atoms with E-state index in [1.54, 1.807) is 42.5 Å². The summed E-state index contributed by atoms with van der Waals surface area (Å²) in [6.07, 6.45) is 0.557. The number of anilines is 1. The number of aromatic nitrogens is 2. The van der Waals surface area contributed by atoms with Crippen molar-refractivity contribution < 1.29 is 14.6 Å². The Morgan fingerprint density at radius 3 is 2.69 bits per heavy atom. The number of carbonyl (C=O) groups is 1.